The maximum Gasteiger partial charge on any atom is 0.315 e. The number of nitrogens with zero attached hydrogens (tertiary/aromatic N) is 2. The molecule has 0 saturated heterocycles. The molecule has 0 amide bonds. The monoisotopic (exact) mass is 252 g/mol. The third-order valence-electron chi connectivity index (χ3n) is 3.43. The number of hydrogen-bond donors (Lipinski definition) is 2. The maximum absolute atomic E-state index is 5.56. The summed E-state index contributed by atoms with van der Waals surface area (Å²) < 4.78 is 5.56. The molecular formula is C13H24N4O. The van der Waals surface area contributed by atoms with Crippen molar-refractivity contribution in [1.82, 2.24) is 15.5 Å². The van der Waals surface area contributed by atoms with Gasteiger partial charge in [0.1, 0.15) is 0 Å². The van der Waals surface area contributed by atoms with Gasteiger partial charge < -0.3 is 15.1 Å². The second kappa shape index (κ2) is 7.36. The average Bonchev–Trinajstić information content (AvgIpc) is 2.77. The van der Waals surface area contributed by atoms with E-state index in [9.17, 15) is 0 Å². The standard InChI is InChI=1S/C13H24N4O/c1-2-14-10-12-16-17-13(18-12)15-11-8-6-4-3-5-7-9-11/h11,14H,2-10H2,1H3,(H,15,17). The van der Waals surface area contributed by atoms with Crippen LogP contribution in [0, 0.1) is 0 Å². The van der Waals surface area contributed by atoms with Gasteiger partial charge in [0, 0.05) is 6.04 Å². The van der Waals surface area contributed by atoms with Crippen molar-refractivity contribution >= 4 is 6.01 Å². The minimum absolute atomic E-state index is 0.498. The molecule has 1 saturated carbocycles. The molecule has 2 N–H and O–H groups in total. The first-order chi connectivity index (χ1) is 8.88. The third-order valence-corrected chi connectivity index (χ3v) is 3.43. The molecule has 1 aromatic rings. The summed E-state index contributed by atoms with van der Waals surface area (Å²) in [5.74, 6) is 0.658. The highest BCUT2D eigenvalue weighted by atomic mass is 16.4. The highest BCUT2D eigenvalue weighted by molar-refractivity contribution is 5.19. The molecule has 1 aliphatic rings. The highest BCUT2D eigenvalue weighted by Gasteiger charge is 2.14. The van der Waals surface area contributed by atoms with Gasteiger partial charge in [0.25, 0.3) is 0 Å². The fourth-order valence-electron chi connectivity index (χ4n) is 2.39. The van der Waals surface area contributed by atoms with Gasteiger partial charge in [-0.2, -0.15) is 0 Å². The Morgan fingerprint density at radius 1 is 1.11 bits per heavy atom. The van der Waals surface area contributed by atoms with Crippen molar-refractivity contribution in [3.8, 4) is 0 Å². The Labute approximate surface area is 109 Å². The number of aromatic nitrogens is 2. The topological polar surface area (TPSA) is 63.0 Å². The number of anilines is 1. The lowest BCUT2D eigenvalue weighted by Crippen LogP contribution is -2.20. The minimum Gasteiger partial charge on any atom is -0.407 e. The summed E-state index contributed by atoms with van der Waals surface area (Å²) in [6, 6.07) is 1.08. The van der Waals surface area contributed by atoms with E-state index in [0.29, 0.717) is 24.5 Å². The Morgan fingerprint density at radius 3 is 2.56 bits per heavy atom. The molecule has 5 heteroatoms. The van der Waals surface area contributed by atoms with E-state index in [-0.39, 0.29) is 0 Å². The third kappa shape index (κ3) is 4.29. The maximum atomic E-state index is 5.56. The van der Waals surface area contributed by atoms with Gasteiger partial charge in [-0.1, -0.05) is 44.1 Å². The van der Waals surface area contributed by atoms with E-state index >= 15 is 0 Å². The van der Waals surface area contributed by atoms with Crippen LogP contribution in [0.15, 0.2) is 4.42 Å². The Bertz CT molecular complexity index is 331. The van der Waals surface area contributed by atoms with Crippen LogP contribution in [0.25, 0.3) is 0 Å². The smallest absolute Gasteiger partial charge is 0.315 e. The molecule has 0 bridgehead atoms. The van der Waals surface area contributed by atoms with Crippen LogP contribution < -0.4 is 10.6 Å². The van der Waals surface area contributed by atoms with Crippen LogP contribution in [0.5, 0.6) is 0 Å². The molecule has 0 unspecified atom stereocenters. The van der Waals surface area contributed by atoms with Crippen LogP contribution in [0.2, 0.25) is 0 Å². The molecule has 1 heterocycles. The predicted molar refractivity (Wildman–Crippen MR) is 71.4 cm³/mol. The van der Waals surface area contributed by atoms with E-state index in [1.807, 2.05) is 0 Å². The summed E-state index contributed by atoms with van der Waals surface area (Å²) in [6.45, 7) is 3.62. The Morgan fingerprint density at radius 2 is 1.83 bits per heavy atom. The second-order valence-corrected chi connectivity index (χ2v) is 4.97. The normalized spacial score (nSPS) is 18.3. The fraction of sp³-hybridized carbons (Fsp3) is 0.846. The van der Waals surface area contributed by atoms with E-state index in [1.165, 1.54) is 44.9 Å². The van der Waals surface area contributed by atoms with Gasteiger partial charge in [0.2, 0.25) is 5.89 Å². The predicted octanol–water partition coefficient (Wildman–Crippen LogP) is 2.70. The summed E-state index contributed by atoms with van der Waals surface area (Å²) >= 11 is 0. The SMILES string of the molecule is CCNCc1nnc(NC2CCCCCCC2)o1. The van der Waals surface area contributed by atoms with Gasteiger partial charge in [0.05, 0.1) is 6.54 Å². The summed E-state index contributed by atoms with van der Waals surface area (Å²) in [4.78, 5) is 0. The largest absolute Gasteiger partial charge is 0.407 e. The molecular weight excluding hydrogens is 228 g/mol. The molecule has 2 rings (SSSR count). The van der Waals surface area contributed by atoms with Crippen molar-refractivity contribution in [3.63, 3.8) is 0 Å². The number of rotatable bonds is 5. The van der Waals surface area contributed by atoms with Crippen LogP contribution in [-0.2, 0) is 6.54 Å². The number of hydrogen-bond acceptors (Lipinski definition) is 5. The van der Waals surface area contributed by atoms with Crippen LogP contribution in [-0.4, -0.2) is 22.8 Å². The molecule has 0 aliphatic heterocycles. The average molecular weight is 252 g/mol. The fourth-order valence-corrected chi connectivity index (χ4v) is 2.39. The van der Waals surface area contributed by atoms with Crippen molar-refractivity contribution in [3.05, 3.63) is 5.89 Å². The lowest BCUT2D eigenvalue weighted by Gasteiger charge is -2.19. The molecule has 0 atom stereocenters. The molecule has 0 radical (unpaired) electrons. The molecule has 0 spiro atoms. The molecule has 18 heavy (non-hydrogen) atoms. The highest BCUT2D eigenvalue weighted by Crippen LogP contribution is 2.20. The zero-order chi connectivity index (χ0) is 12.6. The van der Waals surface area contributed by atoms with E-state index in [4.69, 9.17) is 4.42 Å². The lowest BCUT2D eigenvalue weighted by molar-refractivity contribution is 0.444. The molecule has 1 aliphatic carbocycles. The summed E-state index contributed by atoms with van der Waals surface area (Å²) in [6.07, 6.45) is 9.13. The van der Waals surface area contributed by atoms with Gasteiger partial charge in [-0.25, -0.2) is 0 Å². The van der Waals surface area contributed by atoms with Crippen molar-refractivity contribution in [2.75, 3.05) is 11.9 Å². The van der Waals surface area contributed by atoms with Crippen molar-refractivity contribution in [2.24, 2.45) is 0 Å². The second-order valence-electron chi connectivity index (χ2n) is 4.97. The van der Waals surface area contributed by atoms with Gasteiger partial charge in [0.15, 0.2) is 0 Å². The van der Waals surface area contributed by atoms with Crippen molar-refractivity contribution < 1.29 is 4.42 Å². The van der Waals surface area contributed by atoms with Crippen LogP contribution in [0.3, 0.4) is 0 Å². The molecule has 0 aromatic carbocycles. The van der Waals surface area contributed by atoms with E-state index in [1.54, 1.807) is 0 Å². The van der Waals surface area contributed by atoms with Crippen LogP contribution in [0.1, 0.15) is 57.8 Å². The zero-order valence-electron chi connectivity index (χ0n) is 11.2. The van der Waals surface area contributed by atoms with E-state index < -0.39 is 0 Å². The summed E-state index contributed by atoms with van der Waals surface area (Å²) in [7, 11) is 0. The van der Waals surface area contributed by atoms with Crippen LogP contribution in [0.4, 0.5) is 6.01 Å². The van der Waals surface area contributed by atoms with Gasteiger partial charge in [-0.15, -0.1) is 5.10 Å². The van der Waals surface area contributed by atoms with Gasteiger partial charge in [-0.3, -0.25) is 0 Å². The molecule has 1 fully saturated rings. The minimum atomic E-state index is 0.498. The first-order valence-corrected chi connectivity index (χ1v) is 7.18. The van der Waals surface area contributed by atoms with Gasteiger partial charge in [-0.05, 0) is 19.4 Å². The quantitative estimate of drug-likeness (QED) is 0.843. The first kappa shape index (κ1) is 13.3. The van der Waals surface area contributed by atoms with Gasteiger partial charge >= 0.3 is 6.01 Å². The van der Waals surface area contributed by atoms with Crippen molar-refractivity contribution in [2.45, 2.75) is 64.5 Å². The Hall–Kier alpha value is -1.10. The van der Waals surface area contributed by atoms with E-state index in [0.717, 1.165) is 6.54 Å². The van der Waals surface area contributed by atoms with Crippen LogP contribution >= 0.6 is 0 Å². The molecule has 5 nitrogen and oxygen atoms in total. The first-order valence-electron chi connectivity index (χ1n) is 7.18. The summed E-state index contributed by atoms with van der Waals surface area (Å²) in [5, 5.41) is 14.6. The summed E-state index contributed by atoms with van der Waals surface area (Å²) in [5.41, 5.74) is 0. The Kier molecular flexibility index (Phi) is 5.45. The molecule has 102 valence electrons. The number of nitrogens with one attached hydrogen (secondary N) is 2. The Balaban J connectivity index is 1.81. The van der Waals surface area contributed by atoms with Crippen molar-refractivity contribution in [1.29, 1.82) is 0 Å². The molecule has 1 aromatic heterocycles. The lowest BCUT2D eigenvalue weighted by atomic mass is 9.97. The van der Waals surface area contributed by atoms with E-state index in [2.05, 4.69) is 27.8 Å². The zero-order valence-corrected chi connectivity index (χ0v) is 11.2.